The molecule has 0 atom stereocenters. The number of ketones is 2. The molecule has 0 spiro atoms. The summed E-state index contributed by atoms with van der Waals surface area (Å²) in [4.78, 5) is 37.8. The molecule has 1 aliphatic carbocycles. The number of benzene rings is 3. The molecule has 0 unspecified atom stereocenters. The normalized spacial score (nSPS) is 12.1. The fourth-order valence-electron chi connectivity index (χ4n) is 3.50. The Labute approximate surface area is 168 Å². The highest BCUT2D eigenvalue weighted by Gasteiger charge is 2.31. The average Bonchev–Trinajstić information content (AvgIpc) is 2.77. The van der Waals surface area contributed by atoms with Gasteiger partial charge in [-0.3, -0.25) is 14.4 Å². The van der Waals surface area contributed by atoms with Crippen molar-refractivity contribution in [2.24, 2.45) is 0 Å². The maximum absolute atomic E-state index is 13.0. The number of amides is 1. The smallest absolute Gasteiger partial charge is 0.251 e. The number of hydrogen-bond donors (Lipinski definition) is 2. The summed E-state index contributed by atoms with van der Waals surface area (Å²) in [6.45, 7) is 1.07. The summed E-state index contributed by atoms with van der Waals surface area (Å²) < 4.78 is 0. The Morgan fingerprint density at radius 3 is 2.10 bits per heavy atom. The van der Waals surface area contributed by atoms with Crippen molar-refractivity contribution >= 4 is 23.2 Å². The average molecular weight is 384 g/mol. The van der Waals surface area contributed by atoms with E-state index in [-0.39, 0.29) is 17.5 Å². The molecule has 5 nitrogen and oxygen atoms in total. The summed E-state index contributed by atoms with van der Waals surface area (Å²) in [5, 5.41) is 6.12. The van der Waals surface area contributed by atoms with Gasteiger partial charge in [-0.15, -0.1) is 0 Å². The van der Waals surface area contributed by atoms with Crippen molar-refractivity contribution in [1.82, 2.24) is 5.32 Å². The van der Waals surface area contributed by atoms with Crippen molar-refractivity contribution in [2.75, 3.05) is 18.4 Å². The van der Waals surface area contributed by atoms with Gasteiger partial charge in [-0.25, -0.2) is 0 Å². The second-order valence-electron chi connectivity index (χ2n) is 6.83. The predicted molar refractivity (Wildman–Crippen MR) is 112 cm³/mol. The first kappa shape index (κ1) is 18.6. The Bertz CT molecular complexity index is 1090. The molecule has 3 aromatic rings. The van der Waals surface area contributed by atoms with Gasteiger partial charge in [-0.2, -0.15) is 0 Å². The van der Waals surface area contributed by atoms with Gasteiger partial charge in [0.2, 0.25) is 0 Å². The fraction of sp³-hybridized carbons (Fsp3) is 0.125. The number of carbonyl (C=O) groups excluding carboxylic acids is 3. The SMILES string of the molecule is O=C(NCCCNc1cccc2c1C(=O)c1ccccc1C2=O)c1ccccc1. The van der Waals surface area contributed by atoms with Crippen LogP contribution in [0.2, 0.25) is 0 Å². The standard InChI is InChI=1S/C24H20N2O3/c27-22-17-10-4-5-11-18(17)23(28)21-19(22)12-6-13-20(21)25-14-7-15-26-24(29)16-8-2-1-3-9-16/h1-6,8-13,25H,7,14-15H2,(H,26,29). The molecule has 2 N–H and O–H groups in total. The molecule has 3 aromatic carbocycles. The van der Waals surface area contributed by atoms with Crippen LogP contribution in [0.15, 0.2) is 72.8 Å². The van der Waals surface area contributed by atoms with Gasteiger partial charge in [-0.1, -0.05) is 54.6 Å². The third-order valence-corrected chi connectivity index (χ3v) is 4.94. The van der Waals surface area contributed by atoms with Gasteiger partial charge in [-0.05, 0) is 24.6 Å². The quantitative estimate of drug-likeness (QED) is 0.497. The summed E-state index contributed by atoms with van der Waals surface area (Å²) in [5.41, 5.74) is 3.01. The topological polar surface area (TPSA) is 75.3 Å². The Morgan fingerprint density at radius 2 is 1.34 bits per heavy atom. The van der Waals surface area contributed by atoms with Gasteiger partial charge >= 0.3 is 0 Å². The van der Waals surface area contributed by atoms with E-state index < -0.39 is 0 Å². The maximum atomic E-state index is 13.0. The molecule has 0 aromatic heterocycles. The van der Waals surface area contributed by atoms with Crippen LogP contribution in [0, 0.1) is 0 Å². The van der Waals surface area contributed by atoms with E-state index in [1.165, 1.54) is 0 Å². The van der Waals surface area contributed by atoms with Gasteiger partial charge in [0.1, 0.15) is 0 Å². The molecular weight excluding hydrogens is 364 g/mol. The van der Waals surface area contributed by atoms with Crippen LogP contribution < -0.4 is 10.6 Å². The molecule has 0 bridgehead atoms. The highest BCUT2D eigenvalue weighted by Crippen LogP contribution is 2.31. The van der Waals surface area contributed by atoms with Crippen molar-refractivity contribution in [1.29, 1.82) is 0 Å². The van der Waals surface area contributed by atoms with E-state index in [1.807, 2.05) is 18.2 Å². The van der Waals surface area contributed by atoms with Crippen molar-refractivity contribution in [3.05, 3.63) is 101 Å². The van der Waals surface area contributed by atoms with E-state index in [1.54, 1.807) is 54.6 Å². The summed E-state index contributed by atoms with van der Waals surface area (Å²) in [7, 11) is 0. The predicted octanol–water partition coefficient (Wildman–Crippen LogP) is 3.69. The van der Waals surface area contributed by atoms with Crippen LogP contribution in [0.3, 0.4) is 0 Å². The summed E-state index contributed by atoms with van der Waals surface area (Å²) in [6.07, 6.45) is 0.682. The molecule has 0 heterocycles. The minimum atomic E-state index is -0.143. The molecule has 1 amide bonds. The molecule has 0 fully saturated rings. The Kier molecular flexibility index (Phi) is 5.20. The van der Waals surface area contributed by atoms with E-state index in [0.717, 1.165) is 0 Å². The first-order chi connectivity index (χ1) is 14.2. The first-order valence-corrected chi connectivity index (χ1v) is 9.55. The Hall–Kier alpha value is -3.73. The lowest BCUT2D eigenvalue weighted by molar-refractivity contribution is 0.0952. The van der Waals surface area contributed by atoms with E-state index >= 15 is 0 Å². The zero-order chi connectivity index (χ0) is 20.2. The number of fused-ring (bicyclic) bond motifs is 2. The molecular formula is C24H20N2O3. The van der Waals surface area contributed by atoms with Crippen LogP contribution in [-0.2, 0) is 0 Å². The van der Waals surface area contributed by atoms with Crippen LogP contribution in [0.4, 0.5) is 5.69 Å². The van der Waals surface area contributed by atoms with Crippen molar-refractivity contribution in [3.8, 4) is 0 Å². The minimum Gasteiger partial charge on any atom is -0.384 e. The number of hydrogen-bond acceptors (Lipinski definition) is 4. The van der Waals surface area contributed by atoms with Crippen molar-refractivity contribution < 1.29 is 14.4 Å². The zero-order valence-corrected chi connectivity index (χ0v) is 15.8. The van der Waals surface area contributed by atoms with E-state index in [4.69, 9.17) is 0 Å². The molecule has 29 heavy (non-hydrogen) atoms. The largest absolute Gasteiger partial charge is 0.384 e. The zero-order valence-electron chi connectivity index (χ0n) is 15.8. The van der Waals surface area contributed by atoms with Crippen molar-refractivity contribution in [2.45, 2.75) is 6.42 Å². The van der Waals surface area contributed by atoms with Gasteiger partial charge in [0, 0.05) is 41.0 Å². The minimum absolute atomic E-state index is 0.111. The molecule has 0 saturated carbocycles. The summed E-state index contributed by atoms with van der Waals surface area (Å²) in [6, 6.07) is 21.2. The van der Waals surface area contributed by atoms with Gasteiger partial charge in [0.05, 0.1) is 5.56 Å². The van der Waals surface area contributed by atoms with Crippen molar-refractivity contribution in [3.63, 3.8) is 0 Å². The highest BCUT2D eigenvalue weighted by atomic mass is 16.2. The lowest BCUT2D eigenvalue weighted by Gasteiger charge is -2.20. The van der Waals surface area contributed by atoms with E-state index in [2.05, 4.69) is 10.6 Å². The molecule has 144 valence electrons. The third kappa shape index (κ3) is 3.67. The molecule has 1 aliphatic rings. The molecule has 0 saturated heterocycles. The Morgan fingerprint density at radius 1 is 0.690 bits per heavy atom. The molecule has 5 heteroatoms. The molecule has 0 radical (unpaired) electrons. The lowest BCUT2D eigenvalue weighted by atomic mass is 9.83. The van der Waals surface area contributed by atoms with Crippen LogP contribution in [0.1, 0.15) is 48.6 Å². The number of rotatable bonds is 6. The van der Waals surface area contributed by atoms with Crippen LogP contribution >= 0.6 is 0 Å². The van der Waals surface area contributed by atoms with Gasteiger partial charge in [0.15, 0.2) is 11.6 Å². The van der Waals surface area contributed by atoms with Gasteiger partial charge in [0.25, 0.3) is 5.91 Å². The molecule has 0 aliphatic heterocycles. The van der Waals surface area contributed by atoms with E-state index in [9.17, 15) is 14.4 Å². The third-order valence-electron chi connectivity index (χ3n) is 4.94. The fourth-order valence-corrected chi connectivity index (χ4v) is 3.50. The number of nitrogens with one attached hydrogen (secondary N) is 2. The van der Waals surface area contributed by atoms with E-state index in [0.29, 0.717) is 53.0 Å². The number of anilines is 1. The van der Waals surface area contributed by atoms with Crippen LogP contribution in [-0.4, -0.2) is 30.6 Å². The first-order valence-electron chi connectivity index (χ1n) is 9.55. The summed E-state index contributed by atoms with van der Waals surface area (Å²) in [5.74, 6) is -0.385. The van der Waals surface area contributed by atoms with Crippen LogP contribution in [0.25, 0.3) is 0 Å². The second-order valence-corrected chi connectivity index (χ2v) is 6.83. The molecule has 4 rings (SSSR count). The maximum Gasteiger partial charge on any atom is 0.251 e. The number of carbonyl (C=O) groups is 3. The monoisotopic (exact) mass is 384 g/mol. The summed E-state index contributed by atoms with van der Waals surface area (Å²) >= 11 is 0. The lowest BCUT2D eigenvalue weighted by Crippen LogP contribution is -2.26. The van der Waals surface area contributed by atoms with Crippen LogP contribution in [0.5, 0.6) is 0 Å². The Balaban J connectivity index is 1.40. The van der Waals surface area contributed by atoms with Gasteiger partial charge < -0.3 is 10.6 Å². The second kappa shape index (κ2) is 8.10. The highest BCUT2D eigenvalue weighted by molar-refractivity contribution is 6.30.